The molecule has 1 amide bonds. The lowest BCUT2D eigenvalue weighted by Gasteiger charge is -2.11. The van der Waals surface area contributed by atoms with E-state index in [4.69, 9.17) is 0 Å². The lowest BCUT2D eigenvalue weighted by molar-refractivity contribution is -0.117. The van der Waals surface area contributed by atoms with Crippen molar-refractivity contribution < 1.29 is 4.79 Å². The summed E-state index contributed by atoms with van der Waals surface area (Å²) >= 11 is 0. The second-order valence-corrected chi connectivity index (χ2v) is 5.37. The van der Waals surface area contributed by atoms with E-state index in [2.05, 4.69) is 27.8 Å². The predicted octanol–water partition coefficient (Wildman–Crippen LogP) is 2.78. The van der Waals surface area contributed by atoms with E-state index in [1.165, 1.54) is 11.1 Å². The van der Waals surface area contributed by atoms with Crippen LogP contribution in [0.15, 0.2) is 48.8 Å². The fraction of sp³-hybridized carbons (Fsp3) is 0.294. The number of pyridine rings is 1. The normalized spacial score (nSPS) is 16.8. The van der Waals surface area contributed by atoms with E-state index >= 15 is 0 Å². The number of anilines is 1. The van der Waals surface area contributed by atoms with Crippen LogP contribution >= 0.6 is 12.4 Å². The number of aromatic nitrogens is 1. The molecule has 3 rings (SSSR count). The van der Waals surface area contributed by atoms with Gasteiger partial charge in [-0.05, 0) is 61.2 Å². The Balaban J connectivity index is 0.00000176. The van der Waals surface area contributed by atoms with Crippen molar-refractivity contribution in [2.24, 2.45) is 0 Å². The number of benzene rings is 1. The molecule has 5 heteroatoms. The topological polar surface area (TPSA) is 54.0 Å². The molecule has 0 spiro atoms. The molecule has 4 nitrogen and oxygen atoms in total. The van der Waals surface area contributed by atoms with Crippen molar-refractivity contribution in [1.82, 2.24) is 10.3 Å². The average Bonchev–Trinajstić information content (AvgIpc) is 3.05. The van der Waals surface area contributed by atoms with Crippen LogP contribution in [0.4, 0.5) is 5.69 Å². The molecule has 22 heavy (non-hydrogen) atoms. The van der Waals surface area contributed by atoms with Crippen molar-refractivity contribution in [2.75, 3.05) is 11.9 Å². The van der Waals surface area contributed by atoms with Gasteiger partial charge in [-0.25, -0.2) is 0 Å². The van der Waals surface area contributed by atoms with Crippen molar-refractivity contribution >= 4 is 24.0 Å². The highest BCUT2D eigenvalue weighted by Crippen LogP contribution is 2.14. The van der Waals surface area contributed by atoms with Crippen molar-refractivity contribution in [3.05, 3.63) is 59.9 Å². The van der Waals surface area contributed by atoms with Gasteiger partial charge in [0.1, 0.15) is 0 Å². The minimum absolute atomic E-state index is 0. The highest BCUT2D eigenvalue weighted by molar-refractivity contribution is 5.95. The maximum atomic E-state index is 12.0. The van der Waals surface area contributed by atoms with Crippen LogP contribution in [0.1, 0.15) is 24.0 Å². The fourth-order valence-corrected chi connectivity index (χ4v) is 2.58. The van der Waals surface area contributed by atoms with E-state index in [9.17, 15) is 4.79 Å². The van der Waals surface area contributed by atoms with E-state index in [-0.39, 0.29) is 24.4 Å². The number of hydrogen-bond donors (Lipinski definition) is 2. The summed E-state index contributed by atoms with van der Waals surface area (Å²) in [6.07, 6.45) is 6.48. The van der Waals surface area contributed by atoms with E-state index < -0.39 is 0 Å². The molecule has 1 aromatic carbocycles. The van der Waals surface area contributed by atoms with E-state index in [0.29, 0.717) is 0 Å². The summed E-state index contributed by atoms with van der Waals surface area (Å²) < 4.78 is 0. The zero-order valence-electron chi connectivity index (χ0n) is 12.3. The smallest absolute Gasteiger partial charge is 0.241 e. The Bertz CT molecular complexity index is 595. The van der Waals surface area contributed by atoms with Crippen molar-refractivity contribution in [3.8, 4) is 0 Å². The maximum Gasteiger partial charge on any atom is 0.241 e. The Morgan fingerprint density at radius 1 is 1.14 bits per heavy atom. The van der Waals surface area contributed by atoms with E-state index in [1.807, 2.05) is 24.3 Å². The summed E-state index contributed by atoms with van der Waals surface area (Å²) in [5, 5.41) is 6.17. The summed E-state index contributed by atoms with van der Waals surface area (Å²) in [6, 6.07) is 12.0. The fourth-order valence-electron chi connectivity index (χ4n) is 2.58. The van der Waals surface area contributed by atoms with Gasteiger partial charge in [0, 0.05) is 18.1 Å². The zero-order valence-corrected chi connectivity index (χ0v) is 13.1. The van der Waals surface area contributed by atoms with Gasteiger partial charge in [-0.3, -0.25) is 9.78 Å². The lowest BCUT2D eigenvalue weighted by Crippen LogP contribution is -2.35. The van der Waals surface area contributed by atoms with Crippen LogP contribution in [0.25, 0.3) is 0 Å². The number of rotatable bonds is 4. The molecule has 116 valence electrons. The van der Waals surface area contributed by atoms with Crippen LogP contribution < -0.4 is 10.6 Å². The number of nitrogens with zero attached hydrogens (tertiary/aromatic N) is 1. The highest BCUT2D eigenvalue weighted by atomic mass is 35.5. The number of amides is 1. The second kappa shape index (κ2) is 7.92. The predicted molar refractivity (Wildman–Crippen MR) is 90.4 cm³/mol. The summed E-state index contributed by atoms with van der Waals surface area (Å²) in [4.78, 5) is 16.0. The lowest BCUT2D eigenvalue weighted by atomic mass is 10.1. The Hall–Kier alpha value is -1.91. The largest absolute Gasteiger partial charge is 0.325 e. The van der Waals surface area contributed by atoms with Gasteiger partial charge >= 0.3 is 0 Å². The molecule has 1 saturated heterocycles. The van der Waals surface area contributed by atoms with Gasteiger partial charge in [-0.15, -0.1) is 12.4 Å². The Morgan fingerprint density at radius 2 is 1.82 bits per heavy atom. The molecule has 0 saturated carbocycles. The van der Waals surface area contributed by atoms with Gasteiger partial charge in [0.15, 0.2) is 0 Å². The molecule has 1 unspecified atom stereocenters. The van der Waals surface area contributed by atoms with Crippen LogP contribution in [0.5, 0.6) is 0 Å². The molecule has 0 bridgehead atoms. The van der Waals surface area contributed by atoms with Crippen LogP contribution in [0, 0.1) is 0 Å². The minimum atomic E-state index is -0.0403. The third-order valence-electron chi connectivity index (χ3n) is 3.76. The molecule has 1 aliphatic rings. The van der Waals surface area contributed by atoms with Crippen molar-refractivity contribution in [1.29, 1.82) is 0 Å². The number of nitrogens with one attached hydrogen (secondary N) is 2. The summed E-state index contributed by atoms with van der Waals surface area (Å²) in [7, 11) is 0. The Morgan fingerprint density at radius 3 is 2.45 bits per heavy atom. The minimum Gasteiger partial charge on any atom is -0.325 e. The SMILES string of the molecule is Cl.O=C(Nc1ccc(Cc2ccncc2)cc1)C1CCCN1. The number of carbonyl (C=O) groups excluding carboxylic acids is 1. The number of hydrogen-bond acceptors (Lipinski definition) is 3. The summed E-state index contributed by atoms with van der Waals surface area (Å²) in [5.74, 6) is 0.0642. The van der Waals surface area contributed by atoms with Crippen LogP contribution in [0.2, 0.25) is 0 Å². The molecule has 0 radical (unpaired) electrons. The second-order valence-electron chi connectivity index (χ2n) is 5.37. The zero-order chi connectivity index (χ0) is 14.5. The molecule has 2 heterocycles. The van der Waals surface area contributed by atoms with Gasteiger partial charge in [0.25, 0.3) is 0 Å². The Labute approximate surface area is 136 Å². The van der Waals surface area contributed by atoms with E-state index in [0.717, 1.165) is 31.5 Å². The molecule has 1 atom stereocenters. The van der Waals surface area contributed by atoms with E-state index in [1.54, 1.807) is 12.4 Å². The third-order valence-corrected chi connectivity index (χ3v) is 3.76. The molecular weight excluding hydrogens is 298 g/mol. The third kappa shape index (κ3) is 4.29. The van der Waals surface area contributed by atoms with Gasteiger partial charge in [0.05, 0.1) is 6.04 Å². The average molecular weight is 318 g/mol. The Kier molecular flexibility index (Phi) is 5.92. The first-order valence-electron chi connectivity index (χ1n) is 7.33. The quantitative estimate of drug-likeness (QED) is 0.911. The first kappa shape index (κ1) is 16.5. The monoisotopic (exact) mass is 317 g/mol. The van der Waals surface area contributed by atoms with Gasteiger partial charge in [0.2, 0.25) is 5.91 Å². The highest BCUT2D eigenvalue weighted by Gasteiger charge is 2.21. The molecule has 2 N–H and O–H groups in total. The van der Waals surface area contributed by atoms with Gasteiger partial charge < -0.3 is 10.6 Å². The van der Waals surface area contributed by atoms with Crippen LogP contribution in [-0.2, 0) is 11.2 Å². The summed E-state index contributed by atoms with van der Waals surface area (Å²) in [6.45, 7) is 0.933. The molecule has 0 aliphatic carbocycles. The molecule has 1 fully saturated rings. The van der Waals surface area contributed by atoms with Crippen LogP contribution in [0.3, 0.4) is 0 Å². The molecule has 1 aliphatic heterocycles. The molecular formula is C17H20ClN3O. The van der Waals surface area contributed by atoms with Gasteiger partial charge in [-0.1, -0.05) is 12.1 Å². The maximum absolute atomic E-state index is 12.0. The first-order chi connectivity index (χ1) is 10.3. The standard InChI is InChI=1S/C17H19N3O.ClH/c21-17(16-2-1-9-19-16)20-15-5-3-13(4-6-15)12-14-7-10-18-11-8-14;/h3-8,10-11,16,19H,1-2,9,12H2,(H,20,21);1H. The van der Waals surface area contributed by atoms with Crippen molar-refractivity contribution in [3.63, 3.8) is 0 Å². The first-order valence-corrected chi connectivity index (χ1v) is 7.33. The molecule has 1 aromatic heterocycles. The van der Waals surface area contributed by atoms with Crippen molar-refractivity contribution in [2.45, 2.75) is 25.3 Å². The summed E-state index contributed by atoms with van der Waals surface area (Å²) in [5.41, 5.74) is 3.31. The van der Waals surface area contributed by atoms with Gasteiger partial charge in [-0.2, -0.15) is 0 Å². The molecule has 2 aromatic rings. The van der Waals surface area contributed by atoms with Crippen LogP contribution in [-0.4, -0.2) is 23.5 Å². The number of halogens is 1. The number of carbonyl (C=O) groups is 1.